The first-order valence-corrected chi connectivity index (χ1v) is 9.71. The first kappa shape index (κ1) is 22.1. The number of rotatable bonds is 7. The van der Waals surface area contributed by atoms with Crippen molar-refractivity contribution in [3.05, 3.63) is 59.1 Å². The van der Waals surface area contributed by atoms with Crippen LogP contribution in [0, 0.1) is 5.92 Å². The van der Waals surface area contributed by atoms with Gasteiger partial charge in [0.25, 0.3) is 11.8 Å². The highest BCUT2D eigenvalue weighted by Gasteiger charge is 2.36. The number of hydrogen-bond donors (Lipinski definition) is 2. The zero-order valence-corrected chi connectivity index (χ0v) is 17.3. The SMILES string of the molecule is COc1ccc(NC(=O)COC(=O)[C@H]2CC(=O)N(NC(=O)c3ccc(Cl)cc3)C2)cc1. The summed E-state index contributed by atoms with van der Waals surface area (Å²) in [5.41, 5.74) is 3.30. The van der Waals surface area contributed by atoms with Crippen LogP contribution in [-0.2, 0) is 19.1 Å². The Balaban J connectivity index is 1.46. The van der Waals surface area contributed by atoms with E-state index in [0.29, 0.717) is 22.0 Å². The molecule has 10 heteroatoms. The van der Waals surface area contributed by atoms with E-state index in [1.165, 1.54) is 19.2 Å². The lowest BCUT2D eigenvalue weighted by atomic mass is 10.1. The number of hydrogen-bond acceptors (Lipinski definition) is 6. The second-order valence-corrected chi connectivity index (χ2v) is 7.17. The van der Waals surface area contributed by atoms with E-state index in [4.69, 9.17) is 21.1 Å². The number of carbonyl (C=O) groups excluding carboxylic acids is 4. The Kier molecular flexibility index (Phi) is 7.09. The lowest BCUT2D eigenvalue weighted by Gasteiger charge is -2.17. The lowest BCUT2D eigenvalue weighted by Crippen LogP contribution is -2.43. The van der Waals surface area contributed by atoms with Gasteiger partial charge in [0.2, 0.25) is 5.91 Å². The third kappa shape index (κ3) is 5.95. The molecule has 3 rings (SSSR count). The van der Waals surface area contributed by atoms with Crippen molar-refractivity contribution >= 4 is 41.0 Å². The summed E-state index contributed by atoms with van der Waals surface area (Å²) in [6.07, 6.45) is -0.125. The number of methoxy groups -OCH3 is 1. The Bertz CT molecular complexity index is 978. The van der Waals surface area contributed by atoms with Crippen LogP contribution >= 0.6 is 11.6 Å². The quantitative estimate of drug-likeness (QED) is 0.630. The predicted molar refractivity (Wildman–Crippen MR) is 111 cm³/mol. The van der Waals surface area contributed by atoms with Crippen LogP contribution in [-0.4, -0.2) is 49.0 Å². The van der Waals surface area contributed by atoms with Gasteiger partial charge >= 0.3 is 5.97 Å². The molecule has 2 aromatic rings. The highest BCUT2D eigenvalue weighted by Crippen LogP contribution is 2.19. The molecular weight excluding hydrogens is 426 g/mol. The maximum atomic E-state index is 12.2. The molecule has 0 saturated carbocycles. The molecule has 0 radical (unpaired) electrons. The van der Waals surface area contributed by atoms with Crippen LogP contribution in [0.3, 0.4) is 0 Å². The Morgan fingerprint density at radius 3 is 2.42 bits per heavy atom. The third-order valence-corrected chi connectivity index (χ3v) is 4.77. The summed E-state index contributed by atoms with van der Waals surface area (Å²) in [5.74, 6) is -2.28. The molecule has 1 aliphatic heterocycles. The van der Waals surface area contributed by atoms with E-state index in [1.807, 2.05) is 0 Å². The smallest absolute Gasteiger partial charge is 0.311 e. The van der Waals surface area contributed by atoms with Crippen LogP contribution in [0.4, 0.5) is 5.69 Å². The zero-order chi connectivity index (χ0) is 22.4. The topological polar surface area (TPSA) is 114 Å². The zero-order valence-electron chi connectivity index (χ0n) is 16.6. The average molecular weight is 446 g/mol. The van der Waals surface area contributed by atoms with Gasteiger partial charge < -0.3 is 14.8 Å². The summed E-state index contributed by atoms with van der Waals surface area (Å²) in [5, 5.41) is 4.14. The van der Waals surface area contributed by atoms with Gasteiger partial charge in [-0.15, -0.1) is 0 Å². The fourth-order valence-electron chi connectivity index (χ4n) is 2.89. The van der Waals surface area contributed by atoms with Gasteiger partial charge in [0, 0.05) is 22.7 Å². The Morgan fingerprint density at radius 1 is 1.10 bits per heavy atom. The first-order chi connectivity index (χ1) is 14.9. The van der Waals surface area contributed by atoms with E-state index in [9.17, 15) is 19.2 Å². The number of halogens is 1. The fraction of sp³-hybridized carbons (Fsp3) is 0.238. The third-order valence-electron chi connectivity index (χ3n) is 4.52. The summed E-state index contributed by atoms with van der Waals surface area (Å²) in [6.45, 7) is -0.538. The molecule has 0 aliphatic carbocycles. The van der Waals surface area contributed by atoms with E-state index in [2.05, 4.69) is 10.7 Å². The number of nitrogens with zero attached hydrogens (tertiary/aromatic N) is 1. The highest BCUT2D eigenvalue weighted by molar-refractivity contribution is 6.30. The maximum absolute atomic E-state index is 12.2. The van der Waals surface area contributed by atoms with Crippen LogP contribution in [0.5, 0.6) is 5.75 Å². The second-order valence-electron chi connectivity index (χ2n) is 6.74. The molecule has 9 nitrogen and oxygen atoms in total. The molecule has 0 spiro atoms. The van der Waals surface area contributed by atoms with Gasteiger partial charge in [-0.1, -0.05) is 11.6 Å². The van der Waals surface area contributed by atoms with Gasteiger partial charge in [-0.05, 0) is 48.5 Å². The molecule has 0 bridgehead atoms. The van der Waals surface area contributed by atoms with Crippen molar-refractivity contribution in [1.29, 1.82) is 0 Å². The number of carbonyl (C=O) groups is 4. The largest absolute Gasteiger partial charge is 0.497 e. The molecular formula is C21H20ClN3O6. The molecule has 1 saturated heterocycles. The average Bonchev–Trinajstić information content (AvgIpc) is 3.13. The van der Waals surface area contributed by atoms with Crippen molar-refractivity contribution in [3.8, 4) is 5.75 Å². The number of esters is 1. The van der Waals surface area contributed by atoms with Crippen molar-refractivity contribution in [1.82, 2.24) is 10.4 Å². The molecule has 0 unspecified atom stereocenters. The van der Waals surface area contributed by atoms with E-state index >= 15 is 0 Å². The van der Waals surface area contributed by atoms with Crippen LogP contribution in [0.25, 0.3) is 0 Å². The minimum absolute atomic E-state index is 0.0445. The molecule has 2 N–H and O–H groups in total. The summed E-state index contributed by atoms with van der Waals surface area (Å²) in [4.78, 5) is 48.6. The van der Waals surface area contributed by atoms with Crippen molar-refractivity contribution < 1.29 is 28.7 Å². The van der Waals surface area contributed by atoms with E-state index in [0.717, 1.165) is 5.01 Å². The minimum atomic E-state index is -0.785. The molecule has 1 aliphatic rings. The number of benzene rings is 2. The molecule has 0 aromatic heterocycles. The van der Waals surface area contributed by atoms with Crippen molar-refractivity contribution in [2.75, 3.05) is 25.6 Å². The summed E-state index contributed by atoms with van der Waals surface area (Å²) in [7, 11) is 1.53. The van der Waals surface area contributed by atoms with E-state index in [1.54, 1.807) is 36.4 Å². The minimum Gasteiger partial charge on any atom is -0.497 e. The standard InChI is InChI=1S/C21H20ClN3O6/c1-30-17-8-6-16(7-9-17)23-18(26)12-31-21(29)14-10-19(27)25(11-14)24-20(28)13-2-4-15(22)5-3-13/h2-9,14H,10-12H2,1H3,(H,23,26)(H,24,28)/t14-/m0/s1. The van der Waals surface area contributed by atoms with Crippen LogP contribution in [0.1, 0.15) is 16.8 Å². The Hall–Kier alpha value is -3.59. The van der Waals surface area contributed by atoms with E-state index in [-0.39, 0.29) is 13.0 Å². The summed E-state index contributed by atoms with van der Waals surface area (Å²) in [6, 6.07) is 12.8. The van der Waals surface area contributed by atoms with Gasteiger partial charge in [-0.2, -0.15) is 0 Å². The predicted octanol–water partition coefficient (Wildman–Crippen LogP) is 2.02. The summed E-state index contributed by atoms with van der Waals surface area (Å²) < 4.78 is 10.1. The van der Waals surface area contributed by atoms with Crippen molar-refractivity contribution in [3.63, 3.8) is 0 Å². The van der Waals surface area contributed by atoms with Gasteiger partial charge in [-0.25, -0.2) is 0 Å². The van der Waals surface area contributed by atoms with Gasteiger partial charge in [0.05, 0.1) is 19.6 Å². The lowest BCUT2D eigenvalue weighted by molar-refractivity contribution is -0.151. The highest BCUT2D eigenvalue weighted by atomic mass is 35.5. The molecule has 1 heterocycles. The number of nitrogens with one attached hydrogen (secondary N) is 2. The molecule has 1 fully saturated rings. The molecule has 162 valence electrons. The van der Waals surface area contributed by atoms with Crippen LogP contribution in [0.2, 0.25) is 5.02 Å². The van der Waals surface area contributed by atoms with Crippen molar-refractivity contribution in [2.45, 2.75) is 6.42 Å². The number of ether oxygens (including phenoxy) is 2. The van der Waals surface area contributed by atoms with Crippen LogP contribution in [0.15, 0.2) is 48.5 Å². The maximum Gasteiger partial charge on any atom is 0.311 e. The molecule has 1 atom stereocenters. The number of anilines is 1. The second kappa shape index (κ2) is 9.94. The number of amides is 3. The van der Waals surface area contributed by atoms with Crippen LogP contribution < -0.4 is 15.5 Å². The van der Waals surface area contributed by atoms with E-state index < -0.39 is 36.2 Å². The number of hydrazine groups is 1. The monoisotopic (exact) mass is 445 g/mol. The first-order valence-electron chi connectivity index (χ1n) is 9.33. The normalized spacial score (nSPS) is 15.4. The fourth-order valence-corrected chi connectivity index (χ4v) is 3.01. The van der Waals surface area contributed by atoms with Crippen molar-refractivity contribution in [2.24, 2.45) is 5.92 Å². The Morgan fingerprint density at radius 2 is 1.77 bits per heavy atom. The summed E-state index contributed by atoms with van der Waals surface area (Å²) >= 11 is 5.79. The molecule has 31 heavy (non-hydrogen) atoms. The molecule has 3 amide bonds. The van der Waals surface area contributed by atoms with Gasteiger partial charge in [0.1, 0.15) is 5.75 Å². The Labute approximate surface area is 183 Å². The van der Waals surface area contributed by atoms with Gasteiger partial charge in [-0.3, -0.25) is 29.6 Å². The molecule has 2 aromatic carbocycles. The van der Waals surface area contributed by atoms with Gasteiger partial charge in [0.15, 0.2) is 6.61 Å².